The van der Waals surface area contributed by atoms with Gasteiger partial charge < -0.3 is 10.2 Å². The Hall–Kier alpha value is -1.93. The molecule has 1 N–H and O–H groups in total. The third-order valence-corrected chi connectivity index (χ3v) is 9.06. The van der Waals surface area contributed by atoms with Gasteiger partial charge in [-0.05, 0) is 93.8 Å². The number of allylic oxidation sites excluding steroid dienone is 3. The second kappa shape index (κ2) is 10.3. The van der Waals surface area contributed by atoms with Gasteiger partial charge in [0.2, 0.25) is 0 Å². The number of pyridine rings is 1. The van der Waals surface area contributed by atoms with Crippen LogP contribution in [0.4, 0.5) is 5.82 Å². The second-order valence-electron chi connectivity index (χ2n) is 9.75. The molecule has 0 amide bonds. The Morgan fingerprint density at radius 3 is 2.75 bits per heavy atom. The molecule has 1 saturated heterocycles. The van der Waals surface area contributed by atoms with Crippen molar-refractivity contribution in [2.45, 2.75) is 63.1 Å². The summed E-state index contributed by atoms with van der Waals surface area (Å²) < 4.78 is 0. The van der Waals surface area contributed by atoms with Crippen molar-refractivity contribution in [2.75, 3.05) is 31.1 Å². The normalized spacial score (nSPS) is 28.9. The minimum atomic E-state index is 0.539. The Morgan fingerprint density at radius 1 is 1.09 bits per heavy atom. The van der Waals surface area contributed by atoms with Crippen molar-refractivity contribution in [1.29, 1.82) is 0 Å². The van der Waals surface area contributed by atoms with E-state index in [4.69, 9.17) is 4.99 Å². The molecular formula is C27H37N4P. The van der Waals surface area contributed by atoms with Crippen LogP contribution >= 0.6 is 8.58 Å². The van der Waals surface area contributed by atoms with Crippen LogP contribution in [0.25, 0.3) is 6.08 Å². The maximum Gasteiger partial charge on any atom is 0.126 e. The lowest BCUT2D eigenvalue weighted by molar-refractivity contribution is 0.292. The van der Waals surface area contributed by atoms with Gasteiger partial charge in [0.05, 0.1) is 5.69 Å². The van der Waals surface area contributed by atoms with Crippen molar-refractivity contribution in [1.82, 2.24) is 9.88 Å². The molecule has 4 nitrogen and oxygen atoms in total. The molecule has 2 aliphatic carbocycles. The van der Waals surface area contributed by atoms with E-state index in [0.29, 0.717) is 11.7 Å². The molecule has 2 fully saturated rings. The average Bonchev–Trinajstić information content (AvgIpc) is 2.86. The highest BCUT2D eigenvalue weighted by Crippen LogP contribution is 2.40. The lowest BCUT2D eigenvalue weighted by Gasteiger charge is -2.37. The van der Waals surface area contributed by atoms with Gasteiger partial charge in [-0.25, -0.2) is 4.98 Å². The fourth-order valence-electron chi connectivity index (χ4n) is 5.72. The minimum absolute atomic E-state index is 0.539. The van der Waals surface area contributed by atoms with E-state index >= 15 is 0 Å². The molecule has 0 bridgehead atoms. The Labute approximate surface area is 195 Å². The van der Waals surface area contributed by atoms with Crippen molar-refractivity contribution in [3.63, 3.8) is 0 Å². The molecule has 170 valence electrons. The summed E-state index contributed by atoms with van der Waals surface area (Å²) in [5.41, 5.74) is 6.07. The number of rotatable bonds is 6. The van der Waals surface area contributed by atoms with E-state index in [-0.39, 0.29) is 0 Å². The first-order valence-electron chi connectivity index (χ1n) is 12.6. The second-order valence-corrected chi connectivity index (χ2v) is 11.2. The zero-order valence-corrected chi connectivity index (χ0v) is 20.2. The largest absolute Gasteiger partial charge is 0.371 e. The van der Waals surface area contributed by atoms with Crippen molar-refractivity contribution in [2.24, 2.45) is 10.9 Å². The predicted octanol–water partition coefficient (Wildman–Crippen LogP) is 5.90. The molecule has 1 saturated carbocycles. The molecule has 2 atom stereocenters. The first kappa shape index (κ1) is 21.9. The van der Waals surface area contributed by atoms with E-state index in [1.54, 1.807) is 5.57 Å². The molecule has 1 unspecified atom stereocenters. The number of nitrogens with one attached hydrogen (secondary N) is 1. The van der Waals surface area contributed by atoms with Crippen molar-refractivity contribution in [3.05, 3.63) is 53.9 Å². The number of nitrogens with zero attached hydrogens (tertiary/aromatic N) is 3. The Bertz CT molecular complexity index is 904. The van der Waals surface area contributed by atoms with Gasteiger partial charge in [0.25, 0.3) is 0 Å². The topological polar surface area (TPSA) is 40.5 Å². The molecule has 0 spiro atoms. The highest BCUT2D eigenvalue weighted by molar-refractivity contribution is 7.41. The highest BCUT2D eigenvalue weighted by atomic mass is 31.1. The fourth-order valence-corrected chi connectivity index (χ4v) is 7.09. The average molecular weight is 449 g/mol. The zero-order valence-electron chi connectivity index (χ0n) is 19.2. The molecule has 3 heterocycles. The van der Waals surface area contributed by atoms with Gasteiger partial charge in [-0.3, -0.25) is 4.99 Å². The zero-order chi connectivity index (χ0) is 21.8. The number of fused-ring (bicyclic) bond motifs is 1. The predicted molar refractivity (Wildman–Crippen MR) is 139 cm³/mol. The molecule has 1 aromatic rings. The standard InChI is InChI=1S/C27H37N4P/c1-2-22-7-6-8-26(29-22)30-23-11-9-20(10-12-23)17-21-18-24(31-14-4-3-5-15-31)19-25-27(21)32-16-13-28-25/h2,6-8,18-20,23,27,32H,1,3-5,9-17H2,(H,29,30)/t20?,23?,27-/m1/s1. The molecule has 2 aliphatic heterocycles. The summed E-state index contributed by atoms with van der Waals surface area (Å²) in [6.07, 6.45) is 18.5. The monoisotopic (exact) mass is 448 g/mol. The van der Waals surface area contributed by atoms with Crippen LogP contribution in [0.5, 0.6) is 0 Å². The van der Waals surface area contributed by atoms with Gasteiger partial charge in [-0.15, -0.1) is 8.58 Å². The lowest BCUT2D eigenvalue weighted by Crippen LogP contribution is -2.34. The van der Waals surface area contributed by atoms with Crippen molar-refractivity contribution in [3.8, 4) is 0 Å². The van der Waals surface area contributed by atoms with Gasteiger partial charge in [0.1, 0.15) is 5.82 Å². The molecule has 5 heteroatoms. The molecule has 1 aromatic heterocycles. The Balaban J connectivity index is 1.22. The van der Waals surface area contributed by atoms with Gasteiger partial charge in [0, 0.05) is 42.7 Å². The smallest absolute Gasteiger partial charge is 0.126 e. The Morgan fingerprint density at radius 2 is 1.94 bits per heavy atom. The molecule has 32 heavy (non-hydrogen) atoms. The number of hydrogen-bond donors (Lipinski definition) is 1. The number of aromatic nitrogens is 1. The summed E-state index contributed by atoms with van der Waals surface area (Å²) in [6.45, 7) is 7.30. The van der Waals surface area contributed by atoms with Crippen LogP contribution in [0.3, 0.4) is 0 Å². The summed E-state index contributed by atoms with van der Waals surface area (Å²) in [5.74, 6) is 1.79. The van der Waals surface area contributed by atoms with E-state index in [1.165, 1.54) is 82.0 Å². The van der Waals surface area contributed by atoms with E-state index in [1.807, 2.05) is 12.1 Å². The van der Waals surface area contributed by atoms with Crippen LogP contribution in [0.1, 0.15) is 57.1 Å². The first-order valence-corrected chi connectivity index (χ1v) is 13.9. The van der Waals surface area contributed by atoms with E-state index in [9.17, 15) is 0 Å². The quantitative estimate of drug-likeness (QED) is 0.551. The summed E-state index contributed by atoms with van der Waals surface area (Å²) in [5, 5.41) is 3.67. The van der Waals surface area contributed by atoms with Crippen LogP contribution in [0, 0.1) is 5.92 Å². The number of anilines is 1. The van der Waals surface area contributed by atoms with Crippen LogP contribution in [-0.4, -0.2) is 53.1 Å². The van der Waals surface area contributed by atoms with E-state index < -0.39 is 0 Å². The fraction of sp³-hybridized carbons (Fsp3) is 0.556. The summed E-state index contributed by atoms with van der Waals surface area (Å²) in [4.78, 5) is 12.2. The summed E-state index contributed by atoms with van der Waals surface area (Å²) in [7, 11) is 1.02. The third kappa shape index (κ3) is 5.17. The van der Waals surface area contributed by atoms with Gasteiger partial charge in [-0.1, -0.05) is 18.2 Å². The van der Waals surface area contributed by atoms with Gasteiger partial charge in [-0.2, -0.15) is 0 Å². The Kier molecular flexibility index (Phi) is 7.07. The summed E-state index contributed by atoms with van der Waals surface area (Å²) in [6, 6.07) is 6.68. The third-order valence-electron chi connectivity index (χ3n) is 7.47. The lowest BCUT2D eigenvalue weighted by atomic mass is 9.80. The van der Waals surface area contributed by atoms with E-state index in [0.717, 1.165) is 32.6 Å². The maximum atomic E-state index is 4.97. The molecule has 5 rings (SSSR count). The molecular weight excluding hydrogens is 411 g/mol. The number of likely N-dealkylation sites (tertiary alicyclic amines) is 1. The first-order chi connectivity index (χ1) is 15.8. The molecule has 0 aromatic carbocycles. The van der Waals surface area contributed by atoms with Gasteiger partial charge in [0.15, 0.2) is 0 Å². The summed E-state index contributed by atoms with van der Waals surface area (Å²) >= 11 is 0. The number of piperidine rings is 1. The SMILES string of the molecule is C=Cc1cccc(NC2CCC(CC3=CC(N4CCCCC4)=CC4=NCCP[C@H]34)CC2)n1. The molecule has 0 radical (unpaired) electrons. The van der Waals surface area contributed by atoms with Crippen LogP contribution in [0.15, 0.2) is 53.2 Å². The van der Waals surface area contributed by atoms with Crippen LogP contribution in [0.2, 0.25) is 0 Å². The van der Waals surface area contributed by atoms with Crippen molar-refractivity contribution < 1.29 is 0 Å². The minimum Gasteiger partial charge on any atom is -0.371 e. The highest BCUT2D eigenvalue weighted by Gasteiger charge is 2.30. The molecule has 4 aliphatic rings. The number of aliphatic imine (C=N–C) groups is 1. The van der Waals surface area contributed by atoms with Crippen molar-refractivity contribution >= 4 is 26.2 Å². The van der Waals surface area contributed by atoms with Gasteiger partial charge >= 0.3 is 0 Å². The van der Waals surface area contributed by atoms with Crippen LogP contribution < -0.4 is 5.32 Å². The van der Waals surface area contributed by atoms with E-state index in [2.05, 4.69) is 46.1 Å². The maximum absolute atomic E-state index is 4.97. The number of hydrogen-bond acceptors (Lipinski definition) is 4. The van der Waals surface area contributed by atoms with Crippen LogP contribution in [-0.2, 0) is 0 Å².